The topological polar surface area (TPSA) is 88.1 Å². The fraction of sp³-hybridized carbons (Fsp3) is 0.471. The van der Waals surface area contributed by atoms with Crippen LogP contribution >= 0.6 is 11.8 Å². The Morgan fingerprint density at radius 2 is 1.48 bits per heavy atom. The maximum Gasteiger partial charge on any atom is 0.303 e. The first-order valence-corrected chi connectivity index (χ1v) is 8.59. The average molecular weight is 368 g/mol. The molecule has 0 radical (unpaired) electrons. The highest BCUT2D eigenvalue weighted by Gasteiger charge is 2.47. The lowest BCUT2D eigenvalue weighted by atomic mass is 10.1. The zero-order valence-corrected chi connectivity index (χ0v) is 15.0. The van der Waals surface area contributed by atoms with E-state index in [1.165, 1.54) is 32.5 Å². The van der Waals surface area contributed by atoms with Crippen molar-refractivity contribution in [2.24, 2.45) is 0 Å². The minimum atomic E-state index is -0.944. The van der Waals surface area contributed by atoms with Crippen LogP contribution in [-0.4, -0.2) is 48.3 Å². The molecule has 0 aliphatic carbocycles. The summed E-state index contributed by atoms with van der Waals surface area (Å²) in [6.45, 7) is 3.77. The quantitative estimate of drug-likeness (QED) is 0.575. The molecular weight excluding hydrogens is 348 g/mol. The van der Waals surface area contributed by atoms with Crippen LogP contribution in [0, 0.1) is 0 Å². The molecular formula is C17H20O7S. The van der Waals surface area contributed by atoms with Crippen LogP contribution in [0.5, 0.6) is 0 Å². The van der Waals surface area contributed by atoms with Crippen molar-refractivity contribution in [1.82, 2.24) is 0 Å². The van der Waals surface area contributed by atoms with E-state index < -0.39 is 41.7 Å². The molecule has 0 saturated carbocycles. The van der Waals surface area contributed by atoms with Crippen molar-refractivity contribution in [3.05, 3.63) is 30.3 Å². The van der Waals surface area contributed by atoms with Gasteiger partial charge in [-0.1, -0.05) is 30.0 Å². The summed E-state index contributed by atoms with van der Waals surface area (Å²) in [6, 6.07) is 9.40. The standard InChI is InChI=1S/C17H20O7S/c1-10(18)22-14-9-21-17(25-13-7-5-4-6-8-13)16(24-12(3)20)15(14)23-11(2)19/h4-8,14-17H,9H2,1-3H3/t14-,15+,16-,17+/m1/s1. The molecule has 0 amide bonds. The molecule has 1 aliphatic rings. The second-order valence-corrected chi connectivity index (χ2v) is 6.60. The Kier molecular flexibility index (Phi) is 6.83. The lowest BCUT2D eigenvalue weighted by Gasteiger charge is -2.40. The number of hydrogen-bond acceptors (Lipinski definition) is 8. The molecule has 7 nitrogen and oxygen atoms in total. The fourth-order valence-electron chi connectivity index (χ4n) is 2.44. The molecule has 0 aromatic heterocycles. The highest BCUT2D eigenvalue weighted by atomic mass is 32.2. The number of carbonyl (C=O) groups excluding carboxylic acids is 3. The van der Waals surface area contributed by atoms with Gasteiger partial charge >= 0.3 is 17.9 Å². The van der Waals surface area contributed by atoms with E-state index in [0.717, 1.165) is 4.90 Å². The van der Waals surface area contributed by atoms with Gasteiger partial charge in [0, 0.05) is 25.7 Å². The molecule has 1 aromatic rings. The first-order valence-electron chi connectivity index (χ1n) is 7.71. The van der Waals surface area contributed by atoms with Crippen molar-refractivity contribution in [3.8, 4) is 0 Å². The van der Waals surface area contributed by atoms with E-state index in [1.807, 2.05) is 30.3 Å². The van der Waals surface area contributed by atoms with Crippen LogP contribution in [0.1, 0.15) is 20.8 Å². The third kappa shape index (κ3) is 5.75. The van der Waals surface area contributed by atoms with Gasteiger partial charge < -0.3 is 18.9 Å². The van der Waals surface area contributed by atoms with E-state index >= 15 is 0 Å². The summed E-state index contributed by atoms with van der Waals surface area (Å²) >= 11 is 1.34. The molecule has 0 bridgehead atoms. The van der Waals surface area contributed by atoms with Crippen LogP contribution in [0.4, 0.5) is 0 Å². The second-order valence-electron chi connectivity index (χ2n) is 5.43. The summed E-state index contributed by atoms with van der Waals surface area (Å²) in [7, 11) is 0. The van der Waals surface area contributed by atoms with Crippen molar-refractivity contribution in [1.29, 1.82) is 0 Å². The number of esters is 3. The zero-order chi connectivity index (χ0) is 18.4. The van der Waals surface area contributed by atoms with Crippen molar-refractivity contribution in [2.45, 2.75) is 49.4 Å². The number of ether oxygens (including phenoxy) is 4. The Morgan fingerprint density at radius 1 is 0.920 bits per heavy atom. The predicted octanol–water partition coefficient (Wildman–Crippen LogP) is 1.93. The van der Waals surface area contributed by atoms with E-state index in [4.69, 9.17) is 18.9 Å². The molecule has 1 saturated heterocycles. The minimum Gasteiger partial charge on any atom is -0.456 e. The maximum absolute atomic E-state index is 11.5. The average Bonchev–Trinajstić information content (AvgIpc) is 2.52. The van der Waals surface area contributed by atoms with Crippen LogP contribution in [0.25, 0.3) is 0 Å². The van der Waals surface area contributed by atoms with Gasteiger partial charge in [-0.25, -0.2) is 0 Å². The normalized spacial score (nSPS) is 25.7. The minimum absolute atomic E-state index is 0.0276. The maximum atomic E-state index is 11.5. The van der Waals surface area contributed by atoms with Crippen molar-refractivity contribution in [3.63, 3.8) is 0 Å². The number of carbonyl (C=O) groups is 3. The van der Waals surface area contributed by atoms with E-state index in [0.29, 0.717) is 0 Å². The van der Waals surface area contributed by atoms with Gasteiger partial charge in [0.1, 0.15) is 5.44 Å². The summed E-state index contributed by atoms with van der Waals surface area (Å²) in [5.41, 5.74) is -0.609. The van der Waals surface area contributed by atoms with Crippen LogP contribution in [0.2, 0.25) is 0 Å². The third-order valence-electron chi connectivity index (χ3n) is 3.30. The summed E-state index contributed by atoms with van der Waals surface area (Å²) in [6.07, 6.45) is -2.71. The molecule has 8 heteroatoms. The van der Waals surface area contributed by atoms with E-state index in [-0.39, 0.29) is 6.61 Å². The molecule has 1 aromatic carbocycles. The van der Waals surface area contributed by atoms with Crippen LogP contribution < -0.4 is 0 Å². The van der Waals surface area contributed by atoms with Gasteiger partial charge in [-0.15, -0.1) is 0 Å². The molecule has 2 rings (SSSR count). The Balaban J connectivity index is 2.25. The lowest BCUT2D eigenvalue weighted by molar-refractivity contribution is -0.213. The summed E-state index contributed by atoms with van der Waals surface area (Å²) in [5.74, 6) is -1.65. The van der Waals surface area contributed by atoms with Gasteiger partial charge in [-0.2, -0.15) is 0 Å². The monoisotopic (exact) mass is 368 g/mol. The van der Waals surface area contributed by atoms with Gasteiger partial charge in [-0.3, -0.25) is 14.4 Å². The molecule has 4 atom stereocenters. The van der Waals surface area contributed by atoms with Crippen LogP contribution in [0.15, 0.2) is 35.2 Å². The van der Waals surface area contributed by atoms with Crippen LogP contribution in [-0.2, 0) is 33.3 Å². The summed E-state index contributed by atoms with van der Waals surface area (Å²) in [4.78, 5) is 35.2. The molecule has 1 aliphatic heterocycles. The Labute approximate surface area is 150 Å². The number of rotatable bonds is 5. The van der Waals surface area contributed by atoms with E-state index in [9.17, 15) is 14.4 Å². The zero-order valence-electron chi connectivity index (χ0n) is 14.2. The first-order chi connectivity index (χ1) is 11.9. The lowest BCUT2D eigenvalue weighted by Crippen LogP contribution is -2.56. The molecule has 0 spiro atoms. The molecule has 1 heterocycles. The highest BCUT2D eigenvalue weighted by Crippen LogP contribution is 2.34. The first kappa shape index (κ1) is 19.3. The third-order valence-corrected chi connectivity index (χ3v) is 4.48. The van der Waals surface area contributed by atoms with E-state index in [1.54, 1.807) is 0 Å². The molecule has 25 heavy (non-hydrogen) atoms. The van der Waals surface area contributed by atoms with Crippen LogP contribution in [0.3, 0.4) is 0 Å². The highest BCUT2D eigenvalue weighted by molar-refractivity contribution is 7.99. The van der Waals surface area contributed by atoms with Crippen molar-refractivity contribution in [2.75, 3.05) is 6.61 Å². The molecule has 0 unspecified atom stereocenters. The summed E-state index contributed by atoms with van der Waals surface area (Å²) < 4.78 is 21.6. The number of benzene rings is 1. The van der Waals surface area contributed by atoms with Crippen molar-refractivity contribution >= 4 is 29.7 Å². The van der Waals surface area contributed by atoms with Gasteiger partial charge in [-0.05, 0) is 12.1 Å². The smallest absolute Gasteiger partial charge is 0.303 e. The largest absolute Gasteiger partial charge is 0.456 e. The van der Waals surface area contributed by atoms with Gasteiger partial charge in [0.25, 0.3) is 0 Å². The number of thioether (sulfide) groups is 1. The number of hydrogen-bond donors (Lipinski definition) is 0. The molecule has 136 valence electrons. The van der Waals surface area contributed by atoms with Gasteiger partial charge in [0.15, 0.2) is 18.3 Å². The predicted molar refractivity (Wildman–Crippen MR) is 88.7 cm³/mol. The summed E-state index contributed by atoms with van der Waals surface area (Å²) in [5, 5.41) is 0. The Hall–Kier alpha value is -2.06. The SMILES string of the molecule is CC(=O)O[C@@H]1[C@@H](OC(C)=O)[C@H](Sc2ccccc2)OC[C@H]1OC(C)=O. The second kappa shape index (κ2) is 8.87. The van der Waals surface area contributed by atoms with E-state index in [2.05, 4.69) is 0 Å². The molecule has 1 fully saturated rings. The van der Waals surface area contributed by atoms with Gasteiger partial charge in [0.05, 0.1) is 6.61 Å². The fourth-order valence-corrected chi connectivity index (χ4v) is 3.52. The Bertz CT molecular complexity index is 619. The van der Waals surface area contributed by atoms with Crippen molar-refractivity contribution < 1.29 is 33.3 Å². The van der Waals surface area contributed by atoms with Gasteiger partial charge in [0.2, 0.25) is 0 Å². The Morgan fingerprint density at radius 3 is 2.04 bits per heavy atom. The molecule has 0 N–H and O–H groups in total.